The highest BCUT2D eigenvalue weighted by atomic mass is 28.4. The summed E-state index contributed by atoms with van der Waals surface area (Å²) < 4.78 is 50.0. The molecule has 0 aromatic heterocycles. The van der Waals surface area contributed by atoms with Gasteiger partial charge in [0.05, 0.1) is 0 Å². The highest BCUT2D eigenvalue weighted by Crippen LogP contribution is 2.47. The van der Waals surface area contributed by atoms with Crippen molar-refractivity contribution in [2.45, 2.75) is 77.4 Å². The predicted molar refractivity (Wildman–Crippen MR) is 101 cm³/mol. The van der Waals surface area contributed by atoms with Crippen molar-refractivity contribution >= 4 is 14.1 Å². The number of hydrogen-bond donors (Lipinski definition) is 0. The molecular weight excluding hydrogens is 357 g/mol. The Labute approximate surface area is 155 Å². The summed E-state index contributed by atoms with van der Waals surface area (Å²) in [5.41, 5.74) is 2.52. The molecule has 26 heavy (non-hydrogen) atoms. The molecule has 0 atom stereocenters. The van der Waals surface area contributed by atoms with Crippen molar-refractivity contribution in [3.63, 3.8) is 0 Å². The Morgan fingerprint density at radius 1 is 0.885 bits per heavy atom. The van der Waals surface area contributed by atoms with Gasteiger partial charge in [-0.3, -0.25) is 0 Å². The molecule has 6 heteroatoms. The van der Waals surface area contributed by atoms with Crippen molar-refractivity contribution < 1.29 is 22.3 Å². The van der Waals surface area contributed by atoms with Crippen LogP contribution in [-0.2, 0) is 15.6 Å². The van der Waals surface area contributed by atoms with Crippen LogP contribution in [-0.4, -0.2) is 14.7 Å². The van der Waals surface area contributed by atoms with E-state index in [2.05, 4.69) is 46.3 Å². The van der Waals surface area contributed by atoms with Gasteiger partial charge in [0, 0.05) is 12.0 Å². The average molecular weight is 387 g/mol. The molecule has 2 rings (SSSR count). The third-order valence-corrected chi connectivity index (χ3v) is 11.3. The molecule has 0 aliphatic heterocycles. The van der Waals surface area contributed by atoms with Gasteiger partial charge in [-0.25, -0.2) is 0 Å². The monoisotopic (exact) mass is 386 g/mol. The second kappa shape index (κ2) is 7.67. The first-order valence-corrected chi connectivity index (χ1v) is 11.4. The largest absolute Gasteiger partial charge is 0.572 e. The summed E-state index contributed by atoms with van der Waals surface area (Å²) in [7, 11) is -2.41. The van der Waals surface area contributed by atoms with E-state index in [9.17, 15) is 13.2 Å². The highest BCUT2D eigenvalue weighted by Gasteiger charge is 2.48. The van der Waals surface area contributed by atoms with E-state index in [1.165, 1.54) is 0 Å². The first-order chi connectivity index (χ1) is 12.0. The summed E-state index contributed by atoms with van der Waals surface area (Å²) in [6.45, 7) is 12.7. The van der Waals surface area contributed by atoms with E-state index in [1.807, 2.05) is 24.3 Å². The first kappa shape index (κ1) is 20.9. The van der Waals surface area contributed by atoms with Gasteiger partial charge in [0.2, 0.25) is 0 Å². The van der Waals surface area contributed by atoms with E-state index in [0.717, 1.165) is 11.1 Å². The van der Waals surface area contributed by atoms with Crippen LogP contribution in [0.2, 0.25) is 16.6 Å². The van der Waals surface area contributed by atoms with Crippen LogP contribution in [0, 0.1) is 0 Å². The van der Waals surface area contributed by atoms with Gasteiger partial charge in [0.15, 0.2) is 0 Å². The molecule has 0 fully saturated rings. The second-order valence-corrected chi connectivity index (χ2v) is 13.3. The molecule has 0 N–H and O–H groups in total. The Morgan fingerprint density at radius 3 is 1.92 bits per heavy atom. The number of allylic oxidation sites excluding steroid dienone is 1. The summed E-state index contributed by atoms with van der Waals surface area (Å²) in [5, 5.41) is 0. The fourth-order valence-electron chi connectivity index (χ4n) is 4.35. The summed E-state index contributed by atoms with van der Waals surface area (Å²) in [6.07, 6.45) is -3.99. The number of hydrogen-bond acceptors (Lipinski definition) is 2. The maximum Gasteiger partial charge on any atom is 0.572 e. The minimum Gasteiger partial charge on any atom is -0.540 e. The van der Waals surface area contributed by atoms with E-state index in [4.69, 9.17) is 4.43 Å². The molecule has 0 saturated heterocycles. The molecule has 1 aliphatic carbocycles. The van der Waals surface area contributed by atoms with Gasteiger partial charge in [-0.1, -0.05) is 65.8 Å². The van der Waals surface area contributed by atoms with E-state index >= 15 is 0 Å². The standard InChI is InChI=1S/C20H29F3O2Si/c1-13(2)26(14(3)4,15(5)6)25-19-17-10-8-7-9-16(17)11-12-18(19)24-20(21,22)23/h7-10,13-15H,11-12H2,1-6H3. The normalized spacial score (nSPS) is 15.7. The Bertz CT molecular complexity index is 641. The molecule has 0 saturated carbocycles. The molecule has 146 valence electrons. The molecule has 2 nitrogen and oxygen atoms in total. The first-order valence-electron chi connectivity index (χ1n) is 9.25. The molecule has 0 spiro atoms. The number of benzene rings is 1. The van der Waals surface area contributed by atoms with Crippen molar-refractivity contribution in [3.05, 3.63) is 41.2 Å². The third kappa shape index (κ3) is 4.11. The fraction of sp³-hybridized carbons (Fsp3) is 0.600. The Kier molecular flexibility index (Phi) is 6.15. The van der Waals surface area contributed by atoms with Gasteiger partial charge in [-0.15, -0.1) is 13.2 Å². The van der Waals surface area contributed by atoms with Gasteiger partial charge < -0.3 is 9.16 Å². The molecule has 1 aromatic carbocycles. The molecule has 0 unspecified atom stereocenters. The zero-order valence-electron chi connectivity index (χ0n) is 16.4. The van der Waals surface area contributed by atoms with Crippen LogP contribution in [0.5, 0.6) is 0 Å². The fourth-order valence-corrected chi connectivity index (χ4v) is 9.64. The van der Waals surface area contributed by atoms with Crippen LogP contribution in [0.1, 0.15) is 59.1 Å². The number of alkyl halides is 3. The summed E-state index contributed by atoms with van der Waals surface area (Å²) >= 11 is 0. The van der Waals surface area contributed by atoms with Crippen molar-refractivity contribution in [1.82, 2.24) is 0 Å². The quantitative estimate of drug-likeness (QED) is 0.489. The lowest BCUT2D eigenvalue weighted by atomic mass is 9.95. The van der Waals surface area contributed by atoms with Crippen LogP contribution in [0.4, 0.5) is 13.2 Å². The van der Waals surface area contributed by atoms with Crippen molar-refractivity contribution in [2.75, 3.05) is 0 Å². The van der Waals surface area contributed by atoms with E-state index in [0.29, 0.717) is 12.2 Å². The summed E-state index contributed by atoms with van der Waals surface area (Å²) in [6, 6.07) is 7.53. The third-order valence-electron chi connectivity index (χ3n) is 5.36. The number of halogens is 3. The van der Waals surface area contributed by atoms with Gasteiger partial charge in [0.25, 0.3) is 8.32 Å². The van der Waals surface area contributed by atoms with Gasteiger partial charge in [0.1, 0.15) is 11.5 Å². The summed E-state index contributed by atoms with van der Waals surface area (Å²) in [5.74, 6) is 0.210. The minimum absolute atomic E-state index is 0.0879. The Hall–Kier alpha value is -1.43. The van der Waals surface area contributed by atoms with Crippen molar-refractivity contribution in [2.24, 2.45) is 0 Å². The number of ether oxygens (including phenoxy) is 1. The van der Waals surface area contributed by atoms with Crippen LogP contribution in [0.15, 0.2) is 30.0 Å². The van der Waals surface area contributed by atoms with Crippen LogP contribution in [0.3, 0.4) is 0 Å². The molecule has 0 amide bonds. The van der Waals surface area contributed by atoms with E-state index in [-0.39, 0.29) is 28.8 Å². The topological polar surface area (TPSA) is 18.5 Å². The molecule has 0 bridgehead atoms. The highest BCUT2D eigenvalue weighted by molar-refractivity contribution is 6.78. The average Bonchev–Trinajstić information content (AvgIpc) is 2.51. The molecular formula is C20H29F3O2Si. The molecule has 0 radical (unpaired) electrons. The molecule has 1 aliphatic rings. The second-order valence-electron chi connectivity index (χ2n) is 7.88. The number of rotatable bonds is 6. The van der Waals surface area contributed by atoms with Crippen molar-refractivity contribution in [3.8, 4) is 0 Å². The number of aryl methyl sites for hydroxylation is 1. The minimum atomic E-state index is -4.71. The lowest BCUT2D eigenvalue weighted by Gasteiger charge is -2.44. The maximum absolute atomic E-state index is 13.0. The summed E-state index contributed by atoms with van der Waals surface area (Å²) in [4.78, 5) is 0. The number of fused-ring (bicyclic) bond motifs is 1. The maximum atomic E-state index is 13.0. The predicted octanol–water partition coefficient (Wildman–Crippen LogP) is 7.03. The van der Waals surface area contributed by atoms with Crippen LogP contribution < -0.4 is 0 Å². The van der Waals surface area contributed by atoms with Crippen LogP contribution >= 0.6 is 0 Å². The van der Waals surface area contributed by atoms with Gasteiger partial charge in [-0.2, -0.15) is 0 Å². The lowest BCUT2D eigenvalue weighted by molar-refractivity contribution is -0.306. The SMILES string of the molecule is CC(C)[Si](OC1=C(OC(F)(F)F)CCc2ccccc21)(C(C)C)C(C)C. The Morgan fingerprint density at radius 2 is 1.42 bits per heavy atom. The zero-order valence-corrected chi connectivity index (χ0v) is 17.4. The molecule has 1 aromatic rings. The van der Waals surface area contributed by atoms with Gasteiger partial charge in [-0.05, 0) is 28.6 Å². The van der Waals surface area contributed by atoms with E-state index in [1.54, 1.807) is 0 Å². The van der Waals surface area contributed by atoms with Gasteiger partial charge >= 0.3 is 6.36 Å². The molecule has 0 heterocycles. The smallest absolute Gasteiger partial charge is 0.540 e. The zero-order chi connectivity index (χ0) is 19.7. The van der Waals surface area contributed by atoms with E-state index < -0.39 is 14.7 Å². The van der Waals surface area contributed by atoms with Crippen LogP contribution in [0.25, 0.3) is 5.76 Å². The lowest BCUT2D eigenvalue weighted by Crippen LogP contribution is -2.47. The Balaban J connectivity index is 2.61. The van der Waals surface area contributed by atoms with Crippen molar-refractivity contribution in [1.29, 1.82) is 0 Å².